The minimum absolute atomic E-state index is 0. The van der Waals surface area contributed by atoms with E-state index in [-0.39, 0.29) is 30.2 Å². The predicted molar refractivity (Wildman–Crippen MR) is 288 cm³/mol. The Hall–Kier alpha value is 4.46. The molecule has 0 aromatic carbocycles. The number of nitrogens with zero attached hydrogens (tertiary/aromatic N) is 2. The highest BCUT2D eigenvalue weighted by Crippen LogP contribution is 2.05. The zero-order chi connectivity index (χ0) is 54.0. The first-order valence-electron chi connectivity index (χ1n) is 10.8. The van der Waals surface area contributed by atoms with Gasteiger partial charge in [-0.3, -0.25) is 9.59 Å². The molecule has 0 unspecified atom stereocenters. The number of carboxylic acid groups (broad SMARTS) is 2. The van der Waals surface area contributed by atoms with Crippen LogP contribution in [0.1, 0.15) is 49.4 Å². The lowest BCUT2D eigenvalue weighted by Crippen LogP contribution is -2.06. The van der Waals surface area contributed by atoms with Crippen molar-refractivity contribution in [2.24, 2.45) is 0 Å². The van der Waals surface area contributed by atoms with Crippen LogP contribution in [0.2, 0.25) is 0 Å². The van der Waals surface area contributed by atoms with E-state index in [4.69, 9.17) is 75.5 Å². The third kappa shape index (κ3) is 185. The number of hydrogen-bond donors (Lipinski definition) is 2. The van der Waals surface area contributed by atoms with Gasteiger partial charge in [-0.25, -0.2) is 61.6 Å². The van der Waals surface area contributed by atoms with E-state index in [9.17, 15) is 19.2 Å². The minimum atomic E-state index is -1.67. The summed E-state index contributed by atoms with van der Waals surface area (Å²) in [5.74, 6) is -2.48. The van der Waals surface area contributed by atoms with Crippen LogP contribution < -0.4 is 0 Å². The minimum Gasteiger partial charge on any atom is -0.477 e. The summed E-state index contributed by atoms with van der Waals surface area (Å²) < 4.78 is 90.9. The lowest BCUT2D eigenvalue weighted by atomic mass is 10.3. The molecule has 0 radical (unpaired) electrons. The van der Waals surface area contributed by atoms with Gasteiger partial charge in [-0.15, -0.1) is 0 Å². The Balaban J connectivity index is -0.0000000567. The first-order valence-corrected chi connectivity index (χ1v) is 39.6. The van der Waals surface area contributed by atoms with E-state index < -0.39 is 115 Å². The average Bonchev–Trinajstić information content (AvgIpc) is 3.02. The zero-order valence-corrected chi connectivity index (χ0v) is 52.2. The van der Waals surface area contributed by atoms with Gasteiger partial charge < -0.3 is 10.2 Å². The highest BCUT2D eigenvalue weighted by atomic mass is 36.0. The van der Waals surface area contributed by atoms with Gasteiger partial charge in [0, 0.05) is 214 Å². The van der Waals surface area contributed by atoms with Crippen LogP contribution in [0.5, 0.6) is 0 Å². The van der Waals surface area contributed by atoms with Gasteiger partial charge in [-0.05, 0) is 47.5 Å². The van der Waals surface area contributed by atoms with Crippen LogP contribution in [0.25, 0.3) is 0 Å². The van der Waals surface area contributed by atoms with Crippen LogP contribution in [0.15, 0.2) is 36.4 Å². The molecule has 0 amide bonds. The standard InChI is InChI=1S/C7H3Cl2NO2.C7H5NO4.CH4.10Cl2OS/c8-6(11)4-2-1-3-5(10-4)7(9)12;9-6(10)4-2-1-3-5(8-4)7(11)12;;10*1-4(2)3/h1-3H;1-3H,(H,9,10)(H,11,12);1H4;;;;;;;;;;. The molecule has 2 heterocycles. The number of carbonyl (C=O) groups excluding carboxylic acids is 2. The third-order valence-corrected chi connectivity index (χ3v) is 2.73. The van der Waals surface area contributed by atoms with Crippen molar-refractivity contribution < 1.29 is 71.5 Å². The van der Waals surface area contributed by atoms with Crippen LogP contribution in [-0.2, 0) is 92.3 Å². The molecule has 0 aliphatic carbocycles. The van der Waals surface area contributed by atoms with Crippen LogP contribution in [0.4, 0.5) is 0 Å². The lowest BCUT2D eigenvalue weighted by molar-refractivity contribution is 0.0684. The molecule has 392 valence electrons. The summed E-state index contributed by atoms with van der Waals surface area (Å²) in [4.78, 5) is 48.8. The molecule has 0 aliphatic heterocycles. The maximum Gasteiger partial charge on any atom is 0.354 e. The van der Waals surface area contributed by atoms with E-state index in [1.807, 2.05) is 0 Å². The summed E-state index contributed by atoms with van der Waals surface area (Å²) >= 11 is 10.2. The maximum absolute atomic E-state index is 10.6. The number of rotatable bonds is 4. The molecular weight excluding hydrogens is 1560 g/mol. The quantitative estimate of drug-likeness (QED) is 0.269. The molecule has 2 N–H and O–H groups in total. The normalized spacial score (nSPS) is 8.86. The van der Waals surface area contributed by atoms with Gasteiger partial charge in [-0.1, -0.05) is 19.6 Å². The van der Waals surface area contributed by atoms with Gasteiger partial charge in [0.05, 0.1) is 0 Å². The van der Waals surface area contributed by atoms with Gasteiger partial charge >= 0.3 is 11.9 Å². The highest BCUT2D eigenvalue weighted by molar-refractivity contribution is 8.29. The van der Waals surface area contributed by atoms with Crippen LogP contribution in [0.3, 0.4) is 0 Å². The first kappa shape index (κ1) is 95.3. The van der Waals surface area contributed by atoms with E-state index in [0.29, 0.717) is 0 Å². The van der Waals surface area contributed by atoms with Gasteiger partial charge in [-0.2, -0.15) is 0 Å². The molecule has 50 heteroatoms. The van der Waals surface area contributed by atoms with Crippen molar-refractivity contribution in [3.8, 4) is 0 Å². The van der Waals surface area contributed by atoms with Crippen molar-refractivity contribution >= 4 is 352 Å². The Morgan fingerprint density at radius 2 is 0.431 bits per heavy atom. The van der Waals surface area contributed by atoms with Crippen molar-refractivity contribution in [3.63, 3.8) is 0 Å². The van der Waals surface area contributed by atoms with E-state index >= 15 is 0 Å². The summed E-state index contributed by atoms with van der Waals surface area (Å²) in [6, 6.07) is 8.08. The van der Waals surface area contributed by atoms with Gasteiger partial charge in [0.2, 0.25) is 92.3 Å². The zero-order valence-electron chi connectivity index (χ0n) is 27.4. The van der Waals surface area contributed by atoms with Gasteiger partial charge in [0.25, 0.3) is 10.5 Å². The molecule has 0 fully saturated rings. The largest absolute Gasteiger partial charge is 0.477 e. The lowest BCUT2D eigenvalue weighted by Gasteiger charge is -1.94. The molecule has 0 bridgehead atoms. The second-order valence-electron chi connectivity index (χ2n) is 5.82. The van der Waals surface area contributed by atoms with E-state index in [0.717, 1.165) is 0 Å². The van der Waals surface area contributed by atoms with Crippen molar-refractivity contribution in [1.29, 1.82) is 0 Å². The number of halogens is 22. The fourth-order valence-corrected chi connectivity index (χ4v) is 1.54. The van der Waals surface area contributed by atoms with Crippen LogP contribution in [0, 0.1) is 0 Å². The third-order valence-electron chi connectivity index (χ3n) is 2.34. The highest BCUT2D eigenvalue weighted by Gasteiger charge is 2.09. The van der Waals surface area contributed by atoms with Crippen LogP contribution >= 0.6 is 237 Å². The molecule has 0 atom stereocenters. The number of pyridine rings is 2. The Morgan fingerprint density at radius 3 is 0.538 bits per heavy atom. The number of carbonyl (C=O) groups is 4. The number of carboxylic acids is 2. The molecular formula is C15H12Cl22N2O16S10. The number of hydrogen-bond acceptors (Lipinski definition) is 16. The summed E-state index contributed by atoms with van der Waals surface area (Å²) in [5.41, 5.74) is -0.504. The number of aromatic nitrogens is 2. The average molecular weight is 1580 g/mol. The molecule has 0 spiro atoms. The van der Waals surface area contributed by atoms with Crippen LogP contribution in [-0.4, -0.2) is 84.7 Å². The Morgan fingerprint density at radius 1 is 0.323 bits per heavy atom. The number of aromatic carboxylic acids is 2. The molecule has 0 saturated heterocycles. The monoisotopic (exact) mass is 1570 g/mol. The van der Waals surface area contributed by atoms with Crippen molar-refractivity contribution in [3.05, 3.63) is 59.2 Å². The second kappa shape index (κ2) is 70.5. The molecule has 0 aliphatic rings. The Labute approximate surface area is 492 Å². The summed E-state index contributed by atoms with van der Waals surface area (Å²) in [7, 11) is 73.6. The van der Waals surface area contributed by atoms with E-state index in [1.54, 1.807) is 0 Å². The van der Waals surface area contributed by atoms with Gasteiger partial charge in [0.1, 0.15) is 22.8 Å². The molecule has 2 rings (SSSR count). The fraction of sp³-hybridized carbons (Fsp3) is 0.0667. The van der Waals surface area contributed by atoms with Crippen molar-refractivity contribution in [2.75, 3.05) is 0 Å². The molecule has 18 nitrogen and oxygen atoms in total. The summed E-state index contributed by atoms with van der Waals surface area (Å²) in [5, 5.41) is 15.4. The Kier molecular flexibility index (Phi) is 103. The Bertz CT molecular complexity index is 1470. The maximum atomic E-state index is 10.6. The van der Waals surface area contributed by atoms with E-state index in [2.05, 4.69) is 224 Å². The second-order valence-corrected chi connectivity index (χ2v) is 31.7. The van der Waals surface area contributed by atoms with E-state index in [1.165, 1.54) is 36.4 Å². The first-order chi connectivity index (χ1) is 28.5. The smallest absolute Gasteiger partial charge is 0.354 e. The fourth-order valence-electron chi connectivity index (χ4n) is 1.33. The SMILES string of the molecule is C.O=C(Cl)c1cccc(C(=O)Cl)n1.O=C(O)c1cccc(C(=O)O)n1.O=S(Cl)Cl.O=S(Cl)Cl.O=S(Cl)Cl.O=S(Cl)Cl.O=S(Cl)Cl.O=S(Cl)Cl.O=S(Cl)Cl.O=S(Cl)Cl.O=S(Cl)Cl.O=S(Cl)Cl. The molecule has 2 aromatic heterocycles. The molecule has 2 aromatic rings. The topological polar surface area (TPSA) is 305 Å². The van der Waals surface area contributed by atoms with Crippen molar-refractivity contribution in [1.82, 2.24) is 9.97 Å². The summed E-state index contributed by atoms with van der Waals surface area (Å²) in [6.07, 6.45) is 0. The van der Waals surface area contributed by atoms with Crippen molar-refractivity contribution in [2.45, 2.75) is 7.43 Å². The summed E-state index contributed by atoms with van der Waals surface area (Å²) in [6.45, 7) is 0. The predicted octanol–water partition coefficient (Wildman–Crippen LogP) is 13.4. The molecule has 65 heavy (non-hydrogen) atoms. The van der Waals surface area contributed by atoms with Gasteiger partial charge in [0.15, 0.2) is 0 Å². The molecule has 0 saturated carbocycles.